The van der Waals surface area contributed by atoms with Gasteiger partial charge >= 0.3 is 0 Å². The summed E-state index contributed by atoms with van der Waals surface area (Å²) in [7, 11) is 1.48. The van der Waals surface area contributed by atoms with Gasteiger partial charge in [0.15, 0.2) is 11.5 Å². The number of methoxy groups -OCH3 is 1. The van der Waals surface area contributed by atoms with E-state index in [1.807, 2.05) is 6.07 Å². The number of nitriles is 1. The number of hydrogen-bond donors (Lipinski definition) is 1. The molecule has 178 valence electrons. The second-order valence-corrected chi connectivity index (χ2v) is 8.18. The van der Waals surface area contributed by atoms with E-state index in [4.69, 9.17) is 32.7 Å². The topological polar surface area (TPSA) is 71.4 Å². The molecule has 0 saturated carbocycles. The average molecular weight is 511 g/mol. The summed E-state index contributed by atoms with van der Waals surface area (Å²) >= 11 is 12.2. The molecule has 0 aliphatic rings. The third-order valence-electron chi connectivity index (χ3n) is 4.92. The fourth-order valence-electron chi connectivity index (χ4n) is 3.25. The van der Waals surface area contributed by atoms with Crippen LogP contribution in [0.2, 0.25) is 10.0 Å². The van der Waals surface area contributed by atoms with Crippen LogP contribution >= 0.6 is 23.2 Å². The number of allylic oxidation sites excluding steroid dienone is 1. The molecule has 0 saturated heterocycles. The summed E-state index contributed by atoms with van der Waals surface area (Å²) < 4.78 is 25.5. The molecule has 0 unspecified atom stereocenters. The first-order valence-electron chi connectivity index (χ1n) is 10.4. The third kappa shape index (κ3) is 6.63. The highest BCUT2D eigenvalue weighted by Gasteiger charge is 2.16. The van der Waals surface area contributed by atoms with Crippen molar-refractivity contribution in [3.63, 3.8) is 0 Å². The molecule has 0 spiro atoms. The molecular weight excluding hydrogens is 490 g/mol. The van der Waals surface area contributed by atoms with Crippen LogP contribution < -0.4 is 14.8 Å². The summed E-state index contributed by atoms with van der Waals surface area (Å²) in [5.41, 5.74) is 1.76. The number of hydrogen-bond acceptors (Lipinski definition) is 4. The predicted molar refractivity (Wildman–Crippen MR) is 136 cm³/mol. The van der Waals surface area contributed by atoms with E-state index in [0.29, 0.717) is 33.5 Å². The van der Waals surface area contributed by atoms with Crippen molar-refractivity contribution < 1.29 is 18.7 Å². The Hall–Kier alpha value is -3.79. The van der Waals surface area contributed by atoms with Crippen molar-refractivity contribution in [2.75, 3.05) is 12.4 Å². The van der Waals surface area contributed by atoms with Gasteiger partial charge in [-0.05, 0) is 54.5 Å². The van der Waals surface area contributed by atoms with Crippen molar-refractivity contribution in [2.45, 2.75) is 13.0 Å². The van der Waals surface area contributed by atoms with Gasteiger partial charge in [-0.25, -0.2) is 4.39 Å². The van der Waals surface area contributed by atoms with E-state index in [-0.39, 0.29) is 17.9 Å². The van der Waals surface area contributed by atoms with Crippen LogP contribution in [0.5, 0.6) is 11.5 Å². The van der Waals surface area contributed by atoms with Crippen molar-refractivity contribution >= 4 is 40.9 Å². The van der Waals surface area contributed by atoms with Crippen LogP contribution in [-0.2, 0) is 17.8 Å². The molecule has 0 fully saturated rings. The lowest BCUT2D eigenvalue weighted by Gasteiger charge is -2.16. The van der Waals surface area contributed by atoms with Gasteiger partial charge in [0.05, 0.1) is 12.8 Å². The van der Waals surface area contributed by atoms with Crippen LogP contribution in [0, 0.1) is 17.1 Å². The minimum Gasteiger partial charge on any atom is -0.493 e. The molecule has 1 N–H and O–H groups in total. The normalized spacial score (nSPS) is 10.9. The minimum absolute atomic E-state index is 0.0202. The van der Waals surface area contributed by atoms with E-state index < -0.39 is 11.7 Å². The standard InChI is InChI=1S/C27H21Cl2FN2O3/c1-3-6-18-11-17(12-20(15-31)27(33)32-24-8-5-4-7-23(24)30)13-25(34-2)26(18)35-16-19-9-10-21(28)14-22(19)29/h3-5,7-14H,1,6,16H2,2H3,(H,32,33)/b20-12-. The van der Waals surface area contributed by atoms with Crippen LogP contribution in [0.15, 0.2) is 72.8 Å². The van der Waals surface area contributed by atoms with Gasteiger partial charge in [-0.1, -0.05) is 47.5 Å². The molecule has 3 rings (SSSR count). The molecule has 5 nitrogen and oxygen atoms in total. The lowest BCUT2D eigenvalue weighted by Crippen LogP contribution is -2.14. The van der Waals surface area contributed by atoms with Gasteiger partial charge in [-0.15, -0.1) is 6.58 Å². The van der Waals surface area contributed by atoms with E-state index in [1.165, 1.54) is 31.4 Å². The average Bonchev–Trinajstić information content (AvgIpc) is 2.84. The zero-order chi connectivity index (χ0) is 25.4. The van der Waals surface area contributed by atoms with Crippen LogP contribution in [0.3, 0.4) is 0 Å². The highest BCUT2D eigenvalue weighted by molar-refractivity contribution is 6.35. The van der Waals surface area contributed by atoms with Crippen LogP contribution in [0.25, 0.3) is 6.08 Å². The molecular formula is C27H21Cl2FN2O3. The lowest BCUT2D eigenvalue weighted by molar-refractivity contribution is -0.112. The molecule has 0 heterocycles. The molecule has 0 aliphatic heterocycles. The number of carbonyl (C=O) groups is 1. The van der Waals surface area contributed by atoms with E-state index in [0.717, 1.165) is 11.1 Å². The second-order valence-electron chi connectivity index (χ2n) is 7.33. The van der Waals surface area contributed by atoms with Gasteiger partial charge in [-0.3, -0.25) is 4.79 Å². The van der Waals surface area contributed by atoms with Crippen LogP contribution in [0.4, 0.5) is 10.1 Å². The first kappa shape index (κ1) is 25.8. The number of nitrogens with zero attached hydrogens (tertiary/aromatic N) is 1. The third-order valence-corrected chi connectivity index (χ3v) is 5.51. The first-order valence-corrected chi connectivity index (χ1v) is 11.2. The molecule has 8 heteroatoms. The zero-order valence-electron chi connectivity index (χ0n) is 18.8. The Morgan fingerprint density at radius 3 is 2.60 bits per heavy atom. The molecule has 0 aliphatic carbocycles. The molecule has 0 radical (unpaired) electrons. The number of ether oxygens (including phenoxy) is 2. The van der Waals surface area contributed by atoms with Gasteiger partial charge < -0.3 is 14.8 Å². The Bertz CT molecular complexity index is 1330. The van der Waals surface area contributed by atoms with E-state index in [1.54, 1.807) is 42.5 Å². The minimum atomic E-state index is -0.737. The number of benzene rings is 3. The highest BCUT2D eigenvalue weighted by Crippen LogP contribution is 2.35. The number of amides is 1. The summed E-state index contributed by atoms with van der Waals surface area (Å²) in [6.45, 7) is 3.95. The van der Waals surface area contributed by atoms with Gasteiger partial charge in [-0.2, -0.15) is 5.26 Å². The van der Waals surface area contributed by atoms with Crippen molar-refractivity contribution in [1.29, 1.82) is 5.26 Å². The summed E-state index contributed by atoms with van der Waals surface area (Å²) in [5, 5.41) is 13.0. The lowest BCUT2D eigenvalue weighted by atomic mass is 10.0. The largest absolute Gasteiger partial charge is 0.493 e. The number of carbonyl (C=O) groups excluding carboxylic acids is 1. The molecule has 35 heavy (non-hydrogen) atoms. The number of nitrogens with one attached hydrogen (secondary N) is 1. The maximum Gasteiger partial charge on any atom is 0.266 e. The first-order chi connectivity index (χ1) is 16.9. The Labute approximate surface area is 213 Å². The summed E-state index contributed by atoms with van der Waals surface area (Å²) in [4.78, 5) is 12.6. The van der Waals surface area contributed by atoms with E-state index >= 15 is 0 Å². The molecule has 0 aromatic heterocycles. The van der Waals surface area contributed by atoms with E-state index in [9.17, 15) is 14.4 Å². The Morgan fingerprint density at radius 2 is 1.94 bits per heavy atom. The number of halogens is 3. The maximum absolute atomic E-state index is 13.9. The fraction of sp³-hybridized carbons (Fsp3) is 0.111. The monoisotopic (exact) mass is 510 g/mol. The molecule has 1 amide bonds. The molecule has 0 bridgehead atoms. The molecule has 0 atom stereocenters. The number of para-hydroxylation sites is 1. The SMILES string of the molecule is C=CCc1cc(/C=C(/C#N)C(=O)Nc2ccccc2F)cc(OC)c1OCc1ccc(Cl)cc1Cl. The summed E-state index contributed by atoms with van der Waals surface area (Å²) in [5.74, 6) is -0.465. The van der Waals surface area contributed by atoms with Gasteiger partial charge in [0, 0.05) is 21.2 Å². The van der Waals surface area contributed by atoms with Crippen molar-refractivity contribution in [3.05, 3.63) is 105 Å². The summed E-state index contributed by atoms with van der Waals surface area (Å²) in [6, 6.07) is 16.1. The number of rotatable bonds is 9. The smallest absolute Gasteiger partial charge is 0.266 e. The molecule has 3 aromatic carbocycles. The Balaban J connectivity index is 1.92. The van der Waals surface area contributed by atoms with Crippen LogP contribution in [0.1, 0.15) is 16.7 Å². The highest BCUT2D eigenvalue weighted by atomic mass is 35.5. The van der Waals surface area contributed by atoms with Gasteiger partial charge in [0.25, 0.3) is 5.91 Å². The van der Waals surface area contributed by atoms with Crippen molar-refractivity contribution in [2.24, 2.45) is 0 Å². The fourth-order valence-corrected chi connectivity index (χ4v) is 3.71. The van der Waals surface area contributed by atoms with E-state index in [2.05, 4.69) is 11.9 Å². The zero-order valence-corrected chi connectivity index (χ0v) is 20.3. The second kappa shape index (κ2) is 12.1. The van der Waals surface area contributed by atoms with Crippen molar-refractivity contribution in [1.82, 2.24) is 0 Å². The predicted octanol–water partition coefficient (Wildman–Crippen LogP) is 6.99. The number of anilines is 1. The maximum atomic E-state index is 13.9. The van der Waals surface area contributed by atoms with Gasteiger partial charge in [0.1, 0.15) is 24.1 Å². The quantitative estimate of drug-likeness (QED) is 0.191. The summed E-state index contributed by atoms with van der Waals surface area (Å²) in [6.07, 6.45) is 3.52. The Kier molecular flexibility index (Phi) is 8.91. The Morgan fingerprint density at radius 1 is 1.17 bits per heavy atom. The van der Waals surface area contributed by atoms with Gasteiger partial charge in [0.2, 0.25) is 0 Å². The van der Waals surface area contributed by atoms with Crippen LogP contribution in [-0.4, -0.2) is 13.0 Å². The van der Waals surface area contributed by atoms with Crippen molar-refractivity contribution in [3.8, 4) is 17.6 Å². The molecule has 3 aromatic rings.